The molecule has 1 unspecified atom stereocenters. The molecule has 1 atom stereocenters. The maximum absolute atomic E-state index is 12.7. The summed E-state index contributed by atoms with van der Waals surface area (Å²) in [6, 6.07) is 7.43. The summed E-state index contributed by atoms with van der Waals surface area (Å²) < 4.78 is 10.6. The van der Waals surface area contributed by atoms with E-state index in [9.17, 15) is 14.9 Å². The summed E-state index contributed by atoms with van der Waals surface area (Å²) in [5, 5.41) is 12.7. The van der Waals surface area contributed by atoms with Crippen molar-refractivity contribution in [2.75, 3.05) is 23.6 Å². The molecule has 8 heteroatoms. The molecule has 1 aromatic carbocycles. The third kappa shape index (κ3) is 3.00. The van der Waals surface area contributed by atoms with E-state index in [-0.39, 0.29) is 31.6 Å². The average Bonchev–Trinajstić information content (AvgIpc) is 3.33. The Morgan fingerprint density at radius 1 is 1.33 bits per heavy atom. The van der Waals surface area contributed by atoms with Crippen molar-refractivity contribution >= 4 is 33.8 Å². The van der Waals surface area contributed by atoms with Crippen LogP contribution < -0.4 is 19.7 Å². The monoisotopic (exact) mass is 383 g/mol. The van der Waals surface area contributed by atoms with E-state index in [1.165, 1.54) is 11.3 Å². The SMILES string of the molecule is Cc1sc(NC(=O)C2CC(=O)N(c3ccc4c(c3)OCO4)C2)c(C#N)c1C. The van der Waals surface area contributed by atoms with E-state index in [1.54, 1.807) is 23.1 Å². The normalized spacial score (nSPS) is 17.9. The van der Waals surface area contributed by atoms with Crippen LogP contribution in [0.5, 0.6) is 11.5 Å². The van der Waals surface area contributed by atoms with Gasteiger partial charge in [-0.1, -0.05) is 0 Å². The molecule has 1 saturated heterocycles. The molecule has 0 bridgehead atoms. The topological polar surface area (TPSA) is 91.7 Å². The van der Waals surface area contributed by atoms with Gasteiger partial charge in [0.1, 0.15) is 11.1 Å². The highest BCUT2D eigenvalue weighted by Crippen LogP contribution is 2.37. The molecule has 1 N–H and O–H groups in total. The lowest BCUT2D eigenvalue weighted by Gasteiger charge is -2.17. The Morgan fingerprint density at radius 3 is 2.89 bits per heavy atom. The summed E-state index contributed by atoms with van der Waals surface area (Å²) in [4.78, 5) is 27.7. The van der Waals surface area contributed by atoms with E-state index in [0.717, 1.165) is 10.4 Å². The van der Waals surface area contributed by atoms with Crippen LogP contribution >= 0.6 is 11.3 Å². The van der Waals surface area contributed by atoms with Gasteiger partial charge in [-0.15, -0.1) is 11.3 Å². The van der Waals surface area contributed by atoms with Gasteiger partial charge >= 0.3 is 0 Å². The van der Waals surface area contributed by atoms with Gasteiger partial charge in [0, 0.05) is 29.6 Å². The van der Waals surface area contributed by atoms with Crippen molar-refractivity contribution in [2.24, 2.45) is 5.92 Å². The van der Waals surface area contributed by atoms with Crippen LogP contribution in [-0.2, 0) is 9.59 Å². The first kappa shape index (κ1) is 17.4. The smallest absolute Gasteiger partial charge is 0.231 e. The number of carbonyl (C=O) groups is 2. The molecule has 0 radical (unpaired) electrons. The minimum Gasteiger partial charge on any atom is -0.454 e. The fourth-order valence-corrected chi connectivity index (χ4v) is 4.26. The van der Waals surface area contributed by atoms with Gasteiger partial charge in [-0.2, -0.15) is 5.26 Å². The van der Waals surface area contributed by atoms with Crippen molar-refractivity contribution in [1.82, 2.24) is 0 Å². The standard InChI is InChI=1S/C19H17N3O4S/c1-10-11(2)27-19(14(10)7-20)21-18(24)12-5-17(23)22(8-12)13-3-4-15-16(6-13)26-9-25-15/h3-4,6,12H,5,8-9H2,1-2H3,(H,21,24). The van der Waals surface area contributed by atoms with Gasteiger partial charge in [-0.3, -0.25) is 9.59 Å². The van der Waals surface area contributed by atoms with Crippen LogP contribution in [-0.4, -0.2) is 25.2 Å². The highest BCUT2D eigenvalue weighted by molar-refractivity contribution is 7.16. The van der Waals surface area contributed by atoms with Crippen molar-refractivity contribution in [3.63, 3.8) is 0 Å². The number of rotatable bonds is 3. The molecule has 0 saturated carbocycles. The number of hydrogen-bond donors (Lipinski definition) is 1. The van der Waals surface area contributed by atoms with Crippen LogP contribution in [0.2, 0.25) is 0 Å². The number of nitrogens with zero attached hydrogens (tertiary/aromatic N) is 2. The Balaban J connectivity index is 1.50. The van der Waals surface area contributed by atoms with Gasteiger partial charge in [-0.25, -0.2) is 0 Å². The Kier molecular flexibility index (Phi) is 4.24. The number of aryl methyl sites for hydroxylation is 1. The van der Waals surface area contributed by atoms with E-state index >= 15 is 0 Å². The number of hydrogen-bond acceptors (Lipinski definition) is 6. The second-order valence-corrected chi connectivity index (χ2v) is 7.76. The van der Waals surface area contributed by atoms with Gasteiger partial charge in [0.25, 0.3) is 0 Å². The predicted octanol–water partition coefficient (Wildman–Crippen LogP) is 2.96. The summed E-state index contributed by atoms with van der Waals surface area (Å²) in [7, 11) is 0. The first-order valence-corrected chi connectivity index (χ1v) is 9.30. The zero-order chi connectivity index (χ0) is 19.1. The Bertz CT molecular complexity index is 992. The summed E-state index contributed by atoms with van der Waals surface area (Å²) in [5.41, 5.74) is 2.05. The molecule has 2 amide bonds. The van der Waals surface area contributed by atoms with Crippen molar-refractivity contribution in [3.05, 3.63) is 34.2 Å². The highest BCUT2D eigenvalue weighted by atomic mass is 32.1. The summed E-state index contributed by atoms with van der Waals surface area (Å²) in [6.45, 7) is 4.23. The fraction of sp³-hybridized carbons (Fsp3) is 0.316. The minimum absolute atomic E-state index is 0.118. The van der Waals surface area contributed by atoms with E-state index in [4.69, 9.17) is 9.47 Å². The molecule has 4 rings (SSSR count). The molecule has 2 aromatic rings. The molecule has 1 aromatic heterocycles. The molecule has 3 heterocycles. The zero-order valence-electron chi connectivity index (χ0n) is 14.9. The van der Waals surface area contributed by atoms with Crippen molar-refractivity contribution in [1.29, 1.82) is 5.26 Å². The number of thiophene rings is 1. The molecular formula is C19H17N3O4S. The maximum atomic E-state index is 12.7. The van der Waals surface area contributed by atoms with Crippen LogP contribution in [0, 0.1) is 31.1 Å². The maximum Gasteiger partial charge on any atom is 0.231 e. The molecule has 0 aliphatic carbocycles. The van der Waals surface area contributed by atoms with Crippen LogP contribution in [0.1, 0.15) is 22.4 Å². The summed E-state index contributed by atoms with van der Waals surface area (Å²) in [6.07, 6.45) is 0.130. The number of benzene rings is 1. The Hall–Kier alpha value is -3.05. The number of fused-ring (bicyclic) bond motifs is 1. The number of nitrogens with one attached hydrogen (secondary N) is 1. The molecular weight excluding hydrogens is 366 g/mol. The largest absolute Gasteiger partial charge is 0.454 e. The quantitative estimate of drug-likeness (QED) is 0.880. The van der Waals surface area contributed by atoms with E-state index < -0.39 is 5.92 Å². The van der Waals surface area contributed by atoms with Crippen molar-refractivity contribution < 1.29 is 19.1 Å². The van der Waals surface area contributed by atoms with Gasteiger partial charge in [0.05, 0.1) is 11.5 Å². The van der Waals surface area contributed by atoms with Crippen LogP contribution in [0.3, 0.4) is 0 Å². The molecule has 2 aliphatic heterocycles. The number of anilines is 2. The molecule has 2 aliphatic rings. The Morgan fingerprint density at radius 2 is 2.11 bits per heavy atom. The Labute approximate surface area is 160 Å². The van der Waals surface area contributed by atoms with Gasteiger partial charge in [-0.05, 0) is 31.5 Å². The van der Waals surface area contributed by atoms with E-state index in [2.05, 4.69) is 11.4 Å². The van der Waals surface area contributed by atoms with E-state index in [0.29, 0.717) is 27.8 Å². The molecule has 7 nitrogen and oxygen atoms in total. The number of amides is 2. The van der Waals surface area contributed by atoms with Gasteiger partial charge < -0.3 is 19.7 Å². The molecule has 27 heavy (non-hydrogen) atoms. The number of nitriles is 1. The van der Waals surface area contributed by atoms with Crippen molar-refractivity contribution in [3.8, 4) is 17.6 Å². The van der Waals surface area contributed by atoms with Gasteiger partial charge in [0.15, 0.2) is 11.5 Å². The molecule has 0 spiro atoms. The second-order valence-electron chi connectivity index (χ2n) is 6.53. The third-order valence-corrected chi connectivity index (χ3v) is 6.02. The average molecular weight is 383 g/mol. The second kappa shape index (κ2) is 6.59. The first-order chi connectivity index (χ1) is 13.0. The van der Waals surface area contributed by atoms with Crippen LogP contribution in [0.15, 0.2) is 18.2 Å². The number of carbonyl (C=O) groups excluding carboxylic acids is 2. The number of ether oxygens (including phenoxy) is 2. The summed E-state index contributed by atoms with van der Waals surface area (Å²) >= 11 is 1.38. The lowest BCUT2D eigenvalue weighted by Crippen LogP contribution is -2.28. The van der Waals surface area contributed by atoms with Gasteiger partial charge in [0.2, 0.25) is 18.6 Å². The highest BCUT2D eigenvalue weighted by Gasteiger charge is 2.36. The van der Waals surface area contributed by atoms with Crippen LogP contribution in [0.4, 0.5) is 10.7 Å². The summed E-state index contributed by atoms with van der Waals surface area (Å²) in [5.74, 6) is 0.401. The lowest BCUT2D eigenvalue weighted by molar-refractivity contribution is -0.122. The van der Waals surface area contributed by atoms with Crippen LogP contribution in [0.25, 0.3) is 0 Å². The first-order valence-electron chi connectivity index (χ1n) is 8.49. The fourth-order valence-electron chi connectivity index (χ4n) is 3.25. The molecule has 1 fully saturated rings. The third-order valence-electron chi connectivity index (χ3n) is 4.90. The predicted molar refractivity (Wildman–Crippen MR) is 100 cm³/mol. The minimum atomic E-state index is -0.475. The molecule has 138 valence electrons. The zero-order valence-corrected chi connectivity index (χ0v) is 15.7. The van der Waals surface area contributed by atoms with E-state index in [1.807, 2.05) is 13.8 Å². The lowest BCUT2D eigenvalue weighted by atomic mass is 10.1. The van der Waals surface area contributed by atoms with Crippen molar-refractivity contribution in [2.45, 2.75) is 20.3 Å².